The molecule has 0 saturated carbocycles. The molecule has 0 unspecified atom stereocenters. The molecule has 6 heteroatoms. The quantitative estimate of drug-likeness (QED) is 0.761. The normalized spacial score (nSPS) is 9.63. The lowest BCUT2D eigenvalue weighted by Crippen LogP contribution is -2.31. The van der Waals surface area contributed by atoms with Crippen LogP contribution in [0.2, 0.25) is 0 Å². The van der Waals surface area contributed by atoms with E-state index in [1.807, 2.05) is 0 Å². The van der Waals surface area contributed by atoms with Crippen molar-refractivity contribution in [2.45, 2.75) is 6.42 Å². The molecule has 1 aromatic carbocycles. The van der Waals surface area contributed by atoms with E-state index in [-0.39, 0.29) is 18.9 Å². The van der Waals surface area contributed by atoms with Gasteiger partial charge in [0.25, 0.3) is 0 Å². The SMILES string of the molecule is COC(=O)CNC(=O)Cc1ccc(OC)c(OC)c1. The highest BCUT2D eigenvalue weighted by Crippen LogP contribution is 2.27. The molecule has 0 aromatic heterocycles. The Kier molecular flexibility index (Phi) is 5.66. The van der Waals surface area contributed by atoms with Crippen LogP contribution in [0.3, 0.4) is 0 Å². The van der Waals surface area contributed by atoms with Crippen LogP contribution < -0.4 is 14.8 Å². The maximum Gasteiger partial charge on any atom is 0.325 e. The van der Waals surface area contributed by atoms with E-state index in [1.54, 1.807) is 25.3 Å². The van der Waals surface area contributed by atoms with Gasteiger partial charge in [0.2, 0.25) is 5.91 Å². The number of carbonyl (C=O) groups is 2. The van der Waals surface area contributed by atoms with Crippen molar-refractivity contribution in [1.29, 1.82) is 0 Å². The first-order chi connectivity index (χ1) is 9.10. The fourth-order valence-corrected chi connectivity index (χ4v) is 1.48. The van der Waals surface area contributed by atoms with Crippen molar-refractivity contribution in [3.63, 3.8) is 0 Å². The van der Waals surface area contributed by atoms with Crippen LogP contribution >= 0.6 is 0 Å². The molecule has 0 spiro atoms. The number of carbonyl (C=O) groups excluding carboxylic acids is 2. The molecule has 104 valence electrons. The van der Waals surface area contributed by atoms with E-state index in [0.29, 0.717) is 11.5 Å². The molecule has 0 aliphatic carbocycles. The highest BCUT2D eigenvalue weighted by Gasteiger charge is 2.09. The Morgan fingerprint density at radius 2 is 1.79 bits per heavy atom. The third-order valence-corrected chi connectivity index (χ3v) is 2.47. The standard InChI is InChI=1S/C13H17NO5/c1-17-10-5-4-9(6-11(10)18-2)7-12(15)14-8-13(16)19-3/h4-6H,7-8H2,1-3H3,(H,14,15). The number of rotatable bonds is 6. The first-order valence-electron chi connectivity index (χ1n) is 5.65. The molecule has 0 fully saturated rings. The minimum atomic E-state index is -0.485. The Morgan fingerprint density at radius 3 is 2.37 bits per heavy atom. The second-order valence-corrected chi connectivity index (χ2v) is 3.72. The van der Waals surface area contributed by atoms with Gasteiger partial charge in [0.1, 0.15) is 6.54 Å². The van der Waals surface area contributed by atoms with Gasteiger partial charge in [-0.1, -0.05) is 6.07 Å². The Hall–Kier alpha value is -2.24. The molecule has 0 aliphatic rings. The number of ether oxygens (including phenoxy) is 3. The van der Waals surface area contributed by atoms with Gasteiger partial charge in [-0.2, -0.15) is 0 Å². The molecule has 0 aliphatic heterocycles. The van der Waals surface area contributed by atoms with Crippen LogP contribution in [0, 0.1) is 0 Å². The molecule has 0 saturated heterocycles. The fourth-order valence-electron chi connectivity index (χ4n) is 1.48. The number of benzene rings is 1. The van der Waals surface area contributed by atoms with E-state index < -0.39 is 5.97 Å². The average Bonchev–Trinajstić information content (AvgIpc) is 2.44. The Balaban J connectivity index is 2.61. The summed E-state index contributed by atoms with van der Waals surface area (Å²) in [7, 11) is 4.34. The minimum absolute atomic E-state index is 0.136. The van der Waals surface area contributed by atoms with Gasteiger partial charge in [0.05, 0.1) is 27.8 Å². The monoisotopic (exact) mass is 267 g/mol. The third kappa shape index (κ3) is 4.50. The molecule has 1 amide bonds. The van der Waals surface area contributed by atoms with Crippen LogP contribution in [0.25, 0.3) is 0 Å². The predicted octanol–water partition coefficient (Wildman–Crippen LogP) is 0.535. The lowest BCUT2D eigenvalue weighted by Gasteiger charge is -2.09. The Labute approximate surface area is 111 Å². The third-order valence-electron chi connectivity index (χ3n) is 2.47. The second-order valence-electron chi connectivity index (χ2n) is 3.72. The largest absolute Gasteiger partial charge is 0.493 e. The number of hydrogen-bond donors (Lipinski definition) is 1. The zero-order valence-corrected chi connectivity index (χ0v) is 11.2. The molecule has 19 heavy (non-hydrogen) atoms. The zero-order chi connectivity index (χ0) is 14.3. The van der Waals surface area contributed by atoms with Gasteiger partial charge in [-0.15, -0.1) is 0 Å². The molecule has 0 heterocycles. The topological polar surface area (TPSA) is 73.9 Å². The van der Waals surface area contributed by atoms with Crippen LogP contribution in [0.5, 0.6) is 11.5 Å². The molecule has 0 atom stereocenters. The van der Waals surface area contributed by atoms with Crippen molar-refractivity contribution in [3.05, 3.63) is 23.8 Å². The van der Waals surface area contributed by atoms with Crippen LogP contribution in [-0.4, -0.2) is 39.8 Å². The number of amides is 1. The minimum Gasteiger partial charge on any atom is -0.493 e. The fraction of sp³-hybridized carbons (Fsp3) is 0.385. The summed E-state index contributed by atoms with van der Waals surface area (Å²) in [5.74, 6) is 0.403. The van der Waals surface area contributed by atoms with Gasteiger partial charge in [0, 0.05) is 0 Å². The molecule has 0 radical (unpaired) electrons. The molecule has 6 nitrogen and oxygen atoms in total. The smallest absolute Gasteiger partial charge is 0.325 e. The molecule has 1 aromatic rings. The number of nitrogens with one attached hydrogen (secondary N) is 1. The lowest BCUT2D eigenvalue weighted by atomic mass is 10.1. The predicted molar refractivity (Wildman–Crippen MR) is 68.3 cm³/mol. The van der Waals surface area contributed by atoms with Gasteiger partial charge in [-0.3, -0.25) is 9.59 Å². The number of esters is 1. The van der Waals surface area contributed by atoms with E-state index in [9.17, 15) is 9.59 Å². The van der Waals surface area contributed by atoms with E-state index in [4.69, 9.17) is 9.47 Å². The second kappa shape index (κ2) is 7.25. The van der Waals surface area contributed by atoms with Gasteiger partial charge < -0.3 is 19.5 Å². The van der Waals surface area contributed by atoms with Crippen LogP contribution in [0.1, 0.15) is 5.56 Å². The number of methoxy groups -OCH3 is 3. The zero-order valence-electron chi connectivity index (χ0n) is 11.2. The van der Waals surface area contributed by atoms with Gasteiger partial charge in [0.15, 0.2) is 11.5 Å². The summed E-state index contributed by atoms with van der Waals surface area (Å²) in [6, 6.07) is 5.21. The summed E-state index contributed by atoms with van der Waals surface area (Å²) in [5, 5.41) is 2.46. The van der Waals surface area contributed by atoms with Gasteiger partial charge in [-0.25, -0.2) is 0 Å². The highest BCUT2D eigenvalue weighted by molar-refractivity contribution is 5.83. The summed E-state index contributed by atoms with van der Waals surface area (Å²) in [5.41, 5.74) is 0.764. The highest BCUT2D eigenvalue weighted by atomic mass is 16.5. The lowest BCUT2D eigenvalue weighted by molar-refractivity contribution is -0.141. The maximum atomic E-state index is 11.6. The summed E-state index contributed by atoms with van der Waals surface area (Å²) < 4.78 is 14.7. The van der Waals surface area contributed by atoms with E-state index in [1.165, 1.54) is 14.2 Å². The Morgan fingerprint density at radius 1 is 1.11 bits per heavy atom. The van der Waals surface area contributed by atoms with E-state index >= 15 is 0 Å². The molecular weight excluding hydrogens is 250 g/mol. The Bertz CT molecular complexity index is 458. The summed E-state index contributed by atoms with van der Waals surface area (Å²) in [6.07, 6.45) is 0.150. The first-order valence-corrected chi connectivity index (χ1v) is 5.65. The molecule has 1 rings (SSSR count). The van der Waals surface area contributed by atoms with Gasteiger partial charge in [-0.05, 0) is 17.7 Å². The van der Waals surface area contributed by atoms with Crippen LogP contribution in [-0.2, 0) is 20.7 Å². The van der Waals surface area contributed by atoms with Crippen molar-refractivity contribution in [2.24, 2.45) is 0 Å². The maximum absolute atomic E-state index is 11.6. The number of hydrogen-bond acceptors (Lipinski definition) is 5. The van der Waals surface area contributed by atoms with E-state index in [2.05, 4.69) is 10.1 Å². The van der Waals surface area contributed by atoms with Crippen LogP contribution in [0.15, 0.2) is 18.2 Å². The van der Waals surface area contributed by atoms with Crippen molar-refractivity contribution in [2.75, 3.05) is 27.9 Å². The summed E-state index contributed by atoms with van der Waals surface area (Å²) >= 11 is 0. The van der Waals surface area contributed by atoms with Crippen molar-refractivity contribution in [3.8, 4) is 11.5 Å². The van der Waals surface area contributed by atoms with Gasteiger partial charge >= 0.3 is 5.97 Å². The van der Waals surface area contributed by atoms with Crippen molar-refractivity contribution >= 4 is 11.9 Å². The molecular formula is C13H17NO5. The van der Waals surface area contributed by atoms with Crippen LogP contribution in [0.4, 0.5) is 0 Å². The van der Waals surface area contributed by atoms with Crippen molar-refractivity contribution < 1.29 is 23.8 Å². The molecule has 1 N–H and O–H groups in total. The first kappa shape index (κ1) is 14.8. The molecule has 0 bridgehead atoms. The van der Waals surface area contributed by atoms with Crippen molar-refractivity contribution in [1.82, 2.24) is 5.32 Å². The summed E-state index contributed by atoms with van der Waals surface area (Å²) in [6.45, 7) is -0.136. The summed E-state index contributed by atoms with van der Waals surface area (Å²) in [4.78, 5) is 22.5. The average molecular weight is 267 g/mol. The van der Waals surface area contributed by atoms with E-state index in [0.717, 1.165) is 5.56 Å².